The summed E-state index contributed by atoms with van der Waals surface area (Å²) in [7, 11) is 0. The van der Waals surface area contributed by atoms with Gasteiger partial charge in [-0.1, -0.05) is 54.6 Å². The Morgan fingerprint density at radius 1 is 0.941 bits per heavy atom. The summed E-state index contributed by atoms with van der Waals surface area (Å²) in [6, 6.07) is 14.9. The molecule has 2 aromatic carbocycles. The van der Waals surface area contributed by atoms with Gasteiger partial charge in [-0.25, -0.2) is 0 Å². The Bertz CT molecular complexity index is 538. The molecule has 0 unspecified atom stereocenters. The Balaban J connectivity index is 2.30. The maximum absolute atomic E-state index is 10.6. The quantitative estimate of drug-likeness (QED) is 0.737. The van der Waals surface area contributed by atoms with E-state index in [1.165, 1.54) is 0 Å². The molecule has 84 valence electrons. The van der Waals surface area contributed by atoms with E-state index in [4.69, 9.17) is 11.6 Å². The number of carbonyl (C=O) groups excluding carboxylic acids is 1. The van der Waals surface area contributed by atoms with Gasteiger partial charge < -0.3 is 0 Å². The topological polar surface area (TPSA) is 17.1 Å². The molecule has 0 saturated carbocycles. The minimum atomic E-state index is 0.664. The van der Waals surface area contributed by atoms with Crippen LogP contribution in [-0.2, 0) is 0 Å². The third-order valence-electron chi connectivity index (χ3n) is 2.59. The van der Waals surface area contributed by atoms with Crippen molar-refractivity contribution in [3.05, 3.63) is 76.8 Å². The molecule has 0 aliphatic rings. The van der Waals surface area contributed by atoms with E-state index in [1.54, 1.807) is 12.1 Å². The molecule has 0 radical (unpaired) electrons. The highest BCUT2D eigenvalue weighted by Gasteiger charge is 2.02. The van der Waals surface area contributed by atoms with Crippen molar-refractivity contribution in [2.75, 3.05) is 0 Å². The van der Waals surface area contributed by atoms with Crippen LogP contribution in [0, 0.1) is 0 Å². The fourth-order valence-electron chi connectivity index (χ4n) is 1.58. The predicted octanol–water partition coefficient (Wildman–Crippen LogP) is 4.21. The molecule has 0 atom stereocenters. The summed E-state index contributed by atoms with van der Waals surface area (Å²) in [5.74, 6) is 0. The van der Waals surface area contributed by atoms with Crippen LogP contribution in [-0.4, -0.2) is 6.29 Å². The minimum absolute atomic E-state index is 0.664. The molecule has 2 aromatic rings. The average Bonchev–Trinajstić information content (AvgIpc) is 2.39. The zero-order chi connectivity index (χ0) is 12.3. The first kappa shape index (κ1) is 11.6. The smallest absolute Gasteiger partial charge is 0.150 e. The van der Waals surface area contributed by atoms with E-state index < -0.39 is 0 Å². The van der Waals surface area contributed by atoms with Crippen molar-refractivity contribution in [3.63, 3.8) is 0 Å². The first-order valence-corrected chi connectivity index (χ1v) is 5.59. The highest BCUT2D eigenvalue weighted by atomic mass is 35.5. The number of benzene rings is 2. The van der Waals surface area contributed by atoms with Gasteiger partial charge in [-0.05, 0) is 28.8 Å². The number of aldehydes is 1. The van der Waals surface area contributed by atoms with Gasteiger partial charge in [0.25, 0.3) is 0 Å². The summed E-state index contributed by atoms with van der Waals surface area (Å²) >= 11 is 5.83. The van der Waals surface area contributed by atoms with Crippen LogP contribution in [0.1, 0.15) is 21.5 Å². The molecule has 0 spiro atoms. The lowest BCUT2D eigenvalue weighted by atomic mass is 9.99. The molecule has 0 bridgehead atoms. The molecule has 1 nitrogen and oxygen atoms in total. The molecule has 0 amide bonds. The summed E-state index contributed by atoms with van der Waals surface area (Å²) < 4.78 is 0. The summed E-state index contributed by atoms with van der Waals surface area (Å²) in [6.07, 6.45) is 0.828. The molecule has 0 aliphatic heterocycles. The maximum Gasteiger partial charge on any atom is 0.150 e. The molecule has 0 heterocycles. The Hall–Kier alpha value is -1.86. The van der Waals surface area contributed by atoms with Gasteiger partial charge in [-0.15, -0.1) is 0 Å². The highest BCUT2D eigenvalue weighted by Crippen LogP contribution is 2.23. The van der Waals surface area contributed by atoms with Gasteiger partial charge >= 0.3 is 0 Å². The molecule has 17 heavy (non-hydrogen) atoms. The Morgan fingerprint density at radius 3 is 1.88 bits per heavy atom. The van der Waals surface area contributed by atoms with Gasteiger partial charge in [0.15, 0.2) is 0 Å². The van der Waals surface area contributed by atoms with Crippen LogP contribution in [0.15, 0.2) is 55.1 Å². The van der Waals surface area contributed by atoms with E-state index in [0.717, 1.165) is 23.0 Å². The molecule has 0 saturated heterocycles. The van der Waals surface area contributed by atoms with Crippen molar-refractivity contribution in [3.8, 4) is 0 Å². The highest BCUT2D eigenvalue weighted by molar-refractivity contribution is 6.30. The number of halogens is 1. The van der Waals surface area contributed by atoms with E-state index in [1.807, 2.05) is 36.4 Å². The molecular formula is C15H11ClO. The van der Waals surface area contributed by atoms with E-state index >= 15 is 0 Å². The fourth-order valence-corrected chi connectivity index (χ4v) is 1.71. The number of rotatable bonds is 3. The van der Waals surface area contributed by atoms with Gasteiger partial charge in [-0.2, -0.15) is 0 Å². The van der Waals surface area contributed by atoms with Crippen molar-refractivity contribution in [2.24, 2.45) is 0 Å². The Labute approximate surface area is 105 Å². The number of hydrogen-bond acceptors (Lipinski definition) is 1. The maximum atomic E-state index is 10.6. The second-order valence-corrected chi connectivity index (χ2v) is 4.16. The van der Waals surface area contributed by atoms with Crippen molar-refractivity contribution in [2.45, 2.75) is 0 Å². The zero-order valence-electron chi connectivity index (χ0n) is 9.19. The van der Waals surface area contributed by atoms with Crippen molar-refractivity contribution >= 4 is 23.5 Å². The Kier molecular flexibility index (Phi) is 3.40. The normalized spacial score (nSPS) is 9.94. The molecular weight excluding hydrogens is 232 g/mol. The number of carbonyl (C=O) groups is 1. The van der Waals surface area contributed by atoms with Crippen LogP contribution in [0.2, 0.25) is 5.02 Å². The third-order valence-corrected chi connectivity index (χ3v) is 2.84. The Morgan fingerprint density at radius 2 is 1.41 bits per heavy atom. The van der Waals surface area contributed by atoms with E-state index in [0.29, 0.717) is 10.6 Å². The lowest BCUT2D eigenvalue weighted by molar-refractivity contribution is 0.112. The number of hydrogen-bond donors (Lipinski definition) is 0. The fraction of sp³-hybridized carbons (Fsp3) is 0. The van der Waals surface area contributed by atoms with Crippen LogP contribution in [0.4, 0.5) is 0 Å². The monoisotopic (exact) mass is 242 g/mol. The van der Waals surface area contributed by atoms with Gasteiger partial charge in [0.05, 0.1) is 0 Å². The van der Waals surface area contributed by atoms with E-state index in [-0.39, 0.29) is 0 Å². The first-order chi connectivity index (χ1) is 8.20. The van der Waals surface area contributed by atoms with Crippen LogP contribution in [0.3, 0.4) is 0 Å². The van der Waals surface area contributed by atoms with Crippen molar-refractivity contribution in [1.29, 1.82) is 0 Å². The molecule has 0 aromatic heterocycles. The molecule has 0 aliphatic carbocycles. The van der Waals surface area contributed by atoms with E-state index in [2.05, 4.69) is 6.58 Å². The van der Waals surface area contributed by atoms with Crippen LogP contribution < -0.4 is 0 Å². The predicted molar refractivity (Wildman–Crippen MR) is 71.4 cm³/mol. The lowest BCUT2D eigenvalue weighted by Gasteiger charge is -2.06. The molecule has 0 fully saturated rings. The summed E-state index contributed by atoms with van der Waals surface area (Å²) in [5, 5.41) is 0.706. The summed E-state index contributed by atoms with van der Waals surface area (Å²) in [6.45, 7) is 4.05. The largest absolute Gasteiger partial charge is 0.298 e. The minimum Gasteiger partial charge on any atom is -0.298 e. The van der Waals surface area contributed by atoms with Gasteiger partial charge in [-0.3, -0.25) is 4.79 Å². The molecule has 2 rings (SSSR count). The van der Waals surface area contributed by atoms with Crippen LogP contribution >= 0.6 is 11.6 Å². The molecule has 0 N–H and O–H groups in total. The van der Waals surface area contributed by atoms with Crippen molar-refractivity contribution < 1.29 is 4.79 Å². The van der Waals surface area contributed by atoms with E-state index in [9.17, 15) is 4.79 Å². The second-order valence-electron chi connectivity index (χ2n) is 3.73. The average molecular weight is 243 g/mol. The first-order valence-electron chi connectivity index (χ1n) is 5.21. The standard InChI is InChI=1S/C15H11ClO/c1-11(14-6-8-15(16)9-7-14)13-4-2-12(10-17)3-5-13/h2-10H,1H2. The summed E-state index contributed by atoms with van der Waals surface area (Å²) in [5.41, 5.74) is 3.60. The van der Waals surface area contributed by atoms with Gasteiger partial charge in [0, 0.05) is 10.6 Å². The van der Waals surface area contributed by atoms with Gasteiger partial charge in [0.1, 0.15) is 6.29 Å². The van der Waals surface area contributed by atoms with Crippen molar-refractivity contribution in [1.82, 2.24) is 0 Å². The van der Waals surface area contributed by atoms with Gasteiger partial charge in [0.2, 0.25) is 0 Å². The molecule has 2 heteroatoms. The second kappa shape index (κ2) is 4.98. The SMILES string of the molecule is C=C(c1ccc(Cl)cc1)c1ccc(C=O)cc1. The third kappa shape index (κ3) is 2.63. The lowest BCUT2D eigenvalue weighted by Crippen LogP contribution is -1.87. The summed E-state index contributed by atoms with van der Waals surface area (Å²) in [4.78, 5) is 10.6. The van der Waals surface area contributed by atoms with Crippen LogP contribution in [0.25, 0.3) is 5.57 Å². The zero-order valence-corrected chi connectivity index (χ0v) is 9.95. The van der Waals surface area contributed by atoms with Crippen LogP contribution in [0.5, 0.6) is 0 Å².